The van der Waals surface area contributed by atoms with Crippen molar-refractivity contribution in [3.8, 4) is 0 Å². The first-order chi connectivity index (χ1) is 15.1. The number of aromatic nitrogens is 3. The molecule has 1 aliphatic heterocycles. The topological polar surface area (TPSA) is 62.5 Å². The van der Waals surface area contributed by atoms with Crippen LogP contribution in [0.4, 0.5) is 14.6 Å². The highest BCUT2D eigenvalue weighted by Gasteiger charge is 2.21. The van der Waals surface area contributed by atoms with Crippen molar-refractivity contribution < 1.29 is 13.6 Å². The molecule has 0 radical (unpaired) electrons. The Morgan fingerprint density at radius 3 is 2.23 bits per heavy atom. The first kappa shape index (κ1) is 21.2. The van der Waals surface area contributed by atoms with Gasteiger partial charge in [-0.3, -0.25) is 4.79 Å². The summed E-state index contributed by atoms with van der Waals surface area (Å²) in [4.78, 5) is 19.6. The summed E-state index contributed by atoms with van der Waals surface area (Å²) in [6.07, 6.45) is 11.8. The van der Waals surface area contributed by atoms with Crippen molar-refractivity contribution in [3.05, 3.63) is 59.9 Å². The summed E-state index contributed by atoms with van der Waals surface area (Å²) in [6, 6.07) is 6.59. The molecule has 3 aromatic rings. The molecule has 1 saturated heterocycles. The smallest absolute Gasteiger partial charge is 0.256 e. The monoisotopic (exact) mass is 427 g/mol. The van der Waals surface area contributed by atoms with Gasteiger partial charge in [-0.1, -0.05) is 19.3 Å². The fourth-order valence-electron chi connectivity index (χ4n) is 4.08. The maximum atomic E-state index is 12.6. The van der Waals surface area contributed by atoms with Crippen LogP contribution in [0.5, 0.6) is 0 Å². The Balaban J connectivity index is 0.000000245. The molecule has 8 heteroatoms. The average molecular weight is 427 g/mol. The lowest BCUT2D eigenvalue weighted by Crippen LogP contribution is -2.36. The average Bonchev–Trinajstić information content (AvgIpc) is 3.46. The Kier molecular flexibility index (Phi) is 6.74. The number of benzene rings is 1. The Bertz CT molecular complexity index is 987. The summed E-state index contributed by atoms with van der Waals surface area (Å²) in [5.74, 6) is 0.0815. The van der Waals surface area contributed by atoms with Crippen molar-refractivity contribution in [2.24, 2.45) is 0 Å². The fourth-order valence-corrected chi connectivity index (χ4v) is 4.08. The Labute approximate surface area is 180 Å². The molecule has 1 aromatic carbocycles. The van der Waals surface area contributed by atoms with Gasteiger partial charge in [0, 0.05) is 25.3 Å². The van der Waals surface area contributed by atoms with Crippen molar-refractivity contribution in [2.45, 2.75) is 51.0 Å². The number of carbonyl (C=O) groups excluding carboxylic acids is 1. The first-order valence-electron chi connectivity index (χ1n) is 10.9. The van der Waals surface area contributed by atoms with E-state index in [1.165, 1.54) is 32.1 Å². The first-order valence-corrected chi connectivity index (χ1v) is 10.9. The van der Waals surface area contributed by atoms with Crippen molar-refractivity contribution in [2.75, 3.05) is 18.0 Å². The highest BCUT2D eigenvalue weighted by atomic mass is 19.1. The summed E-state index contributed by atoms with van der Waals surface area (Å²) in [6.45, 7) is 2.09. The molecule has 1 aliphatic carbocycles. The number of fused-ring (bicyclic) bond motifs is 1. The van der Waals surface area contributed by atoms with E-state index in [0.717, 1.165) is 56.0 Å². The van der Waals surface area contributed by atoms with Gasteiger partial charge in [0.1, 0.15) is 23.0 Å². The number of amides is 1. The van der Waals surface area contributed by atoms with Gasteiger partial charge in [0.2, 0.25) is 0 Å². The van der Waals surface area contributed by atoms with Crippen LogP contribution in [-0.2, 0) is 0 Å². The molecule has 0 unspecified atom stereocenters. The Hall–Kier alpha value is -3.03. The van der Waals surface area contributed by atoms with E-state index in [2.05, 4.69) is 15.3 Å². The number of rotatable bonds is 3. The standard InChI is InChI=1S/C17H23N5O.C6H4F2/c23-17(19-13-6-2-1-3-7-13)14-12-18-22-11-8-15(20-16(14)22)21-9-4-5-10-21;7-5-1-2-6(8)4-3-5/h8,11-13H,1-7,9-10H2,(H,19,23);1-4H. The Morgan fingerprint density at radius 1 is 0.935 bits per heavy atom. The van der Waals surface area contributed by atoms with E-state index in [1.807, 2.05) is 12.3 Å². The van der Waals surface area contributed by atoms with Gasteiger partial charge >= 0.3 is 0 Å². The minimum absolute atomic E-state index is 0.0435. The maximum Gasteiger partial charge on any atom is 0.256 e. The molecular formula is C23H27F2N5O. The number of halogens is 2. The lowest BCUT2D eigenvalue weighted by molar-refractivity contribution is 0.0929. The van der Waals surface area contributed by atoms with Crippen LogP contribution in [-0.4, -0.2) is 39.6 Å². The molecule has 1 N–H and O–H groups in total. The number of hydrogen-bond donors (Lipinski definition) is 1. The second-order valence-corrected chi connectivity index (χ2v) is 8.05. The predicted octanol–water partition coefficient (Wildman–Crippen LogP) is 4.36. The Morgan fingerprint density at radius 2 is 1.58 bits per heavy atom. The van der Waals surface area contributed by atoms with Crippen LogP contribution >= 0.6 is 0 Å². The van der Waals surface area contributed by atoms with E-state index >= 15 is 0 Å². The number of carbonyl (C=O) groups is 1. The van der Waals surface area contributed by atoms with Gasteiger partial charge in [-0.15, -0.1) is 0 Å². The van der Waals surface area contributed by atoms with Crippen LogP contribution in [0.2, 0.25) is 0 Å². The third-order valence-corrected chi connectivity index (χ3v) is 5.77. The third kappa shape index (κ3) is 5.37. The lowest BCUT2D eigenvalue weighted by atomic mass is 9.95. The molecular weight excluding hydrogens is 400 g/mol. The van der Waals surface area contributed by atoms with E-state index in [-0.39, 0.29) is 5.91 Å². The van der Waals surface area contributed by atoms with Crippen LogP contribution < -0.4 is 10.2 Å². The van der Waals surface area contributed by atoms with E-state index in [9.17, 15) is 13.6 Å². The zero-order valence-corrected chi connectivity index (χ0v) is 17.4. The number of nitrogens with one attached hydrogen (secondary N) is 1. The molecule has 164 valence electrons. The van der Waals surface area contributed by atoms with Gasteiger partial charge in [0.05, 0.1) is 6.20 Å². The van der Waals surface area contributed by atoms with Gasteiger partial charge < -0.3 is 10.2 Å². The molecule has 0 atom stereocenters. The lowest BCUT2D eigenvalue weighted by Gasteiger charge is -2.22. The van der Waals surface area contributed by atoms with Crippen molar-refractivity contribution in [1.82, 2.24) is 19.9 Å². The zero-order valence-electron chi connectivity index (χ0n) is 17.4. The summed E-state index contributed by atoms with van der Waals surface area (Å²) < 4.78 is 25.5. The minimum Gasteiger partial charge on any atom is -0.357 e. The second-order valence-electron chi connectivity index (χ2n) is 8.05. The van der Waals surface area contributed by atoms with Gasteiger partial charge in [-0.25, -0.2) is 18.3 Å². The molecule has 2 fully saturated rings. The van der Waals surface area contributed by atoms with Gasteiger partial charge in [-0.2, -0.15) is 5.10 Å². The molecule has 5 rings (SSSR count). The molecule has 3 heterocycles. The van der Waals surface area contributed by atoms with E-state index < -0.39 is 11.6 Å². The summed E-state index contributed by atoms with van der Waals surface area (Å²) in [5.41, 5.74) is 1.24. The molecule has 2 aromatic heterocycles. The quantitative estimate of drug-likeness (QED) is 0.675. The summed E-state index contributed by atoms with van der Waals surface area (Å²) in [7, 11) is 0. The van der Waals surface area contributed by atoms with Crippen molar-refractivity contribution in [1.29, 1.82) is 0 Å². The molecule has 31 heavy (non-hydrogen) atoms. The summed E-state index contributed by atoms with van der Waals surface area (Å²) in [5, 5.41) is 7.43. The van der Waals surface area contributed by atoms with Gasteiger partial charge in [0.15, 0.2) is 5.65 Å². The predicted molar refractivity (Wildman–Crippen MR) is 115 cm³/mol. The SMILES string of the molecule is Fc1ccc(F)cc1.O=C(NC1CCCCC1)c1cnn2ccc(N3CCCC3)nc12. The van der Waals surface area contributed by atoms with E-state index in [1.54, 1.807) is 10.7 Å². The van der Waals surface area contributed by atoms with E-state index in [0.29, 0.717) is 17.3 Å². The number of hydrogen-bond acceptors (Lipinski definition) is 4. The van der Waals surface area contributed by atoms with Crippen LogP contribution in [0, 0.1) is 11.6 Å². The summed E-state index contributed by atoms with van der Waals surface area (Å²) >= 11 is 0. The zero-order chi connectivity index (χ0) is 21.6. The molecule has 6 nitrogen and oxygen atoms in total. The maximum absolute atomic E-state index is 12.6. The van der Waals surface area contributed by atoms with Crippen LogP contribution in [0.15, 0.2) is 42.7 Å². The minimum atomic E-state index is -0.411. The molecule has 2 aliphatic rings. The highest BCUT2D eigenvalue weighted by Crippen LogP contribution is 2.21. The van der Waals surface area contributed by atoms with Crippen LogP contribution in [0.25, 0.3) is 5.65 Å². The van der Waals surface area contributed by atoms with Gasteiger partial charge in [-0.05, 0) is 56.0 Å². The van der Waals surface area contributed by atoms with Crippen molar-refractivity contribution >= 4 is 17.4 Å². The van der Waals surface area contributed by atoms with Crippen molar-refractivity contribution in [3.63, 3.8) is 0 Å². The van der Waals surface area contributed by atoms with Crippen LogP contribution in [0.1, 0.15) is 55.3 Å². The number of nitrogens with zero attached hydrogens (tertiary/aromatic N) is 4. The molecule has 1 saturated carbocycles. The molecule has 0 spiro atoms. The number of anilines is 1. The largest absolute Gasteiger partial charge is 0.357 e. The van der Waals surface area contributed by atoms with Gasteiger partial charge in [0.25, 0.3) is 5.91 Å². The molecule has 1 amide bonds. The second kappa shape index (κ2) is 9.85. The highest BCUT2D eigenvalue weighted by molar-refractivity contribution is 5.99. The van der Waals surface area contributed by atoms with Crippen LogP contribution in [0.3, 0.4) is 0 Å². The normalized spacial score (nSPS) is 16.8. The fraction of sp³-hybridized carbons (Fsp3) is 0.435. The van der Waals surface area contributed by atoms with E-state index in [4.69, 9.17) is 4.98 Å². The third-order valence-electron chi connectivity index (χ3n) is 5.77. The molecule has 0 bridgehead atoms.